The van der Waals surface area contributed by atoms with Gasteiger partial charge in [-0.25, -0.2) is 4.79 Å². The Morgan fingerprint density at radius 2 is 1.92 bits per heavy atom. The van der Waals surface area contributed by atoms with Gasteiger partial charge in [0, 0.05) is 18.5 Å². The summed E-state index contributed by atoms with van der Waals surface area (Å²) in [5.41, 5.74) is 1.56. The van der Waals surface area contributed by atoms with Gasteiger partial charge in [0.05, 0.1) is 0 Å². The van der Waals surface area contributed by atoms with E-state index in [0.29, 0.717) is 23.9 Å². The van der Waals surface area contributed by atoms with Gasteiger partial charge in [0.2, 0.25) is 0 Å². The number of ether oxygens (including phenoxy) is 2. The average molecular weight is 371 g/mol. The highest BCUT2D eigenvalue weighted by atomic mass is 19.4. The van der Waals surface area contributed by atoms with Gasteiger partial charge in [-0.05, 0) is 56.8 Å². The lowest BCUT2D eigenvalue weighted by atomic mass is 9.75. The molecule has 2 aliphatic rings. The van der Waals surface area contributed by atoms with Gasteiger partial charge in [0.1, 0.15) is 0 Å². The zero-order chi connectivity index (χ0) is 19.1. The zero-order valence-corrected chi connectivity index (χ0v) is 14.6. The average Bonchev–Trinajstić information content (AvgIpc) is 2.55. The summed E-state index contributed by atoms with van der Waals surface area (Å²) in [4.78, 5) is 25.0. The molecule has 1 heterocycles. The third-order valence-electron chi connectivity index (χ3n) is 5.09. The summed E-state index contributed by atoms with van der Waals surface area (Å²) in [6, 6.07) is 3.27. The largest absolute Gasteiger partial charge is 0.491 e. The number of piperidine rings is 1. The Hall–Kier alpha value is -2.09. The van der Waals surface area contributed by atoms with Crippen LogP contribution in [0.3, 0.4) is 0 Å². The Labute approximate surface area is 149 Å². The molecule has 0 N–H and O–H groups in total. The molecule has 0 aromatic heterocycles. The molecule has 142 valence electrons. The van der Waals surface area contributed by atoms with E-state index in [0.717, 1.165) is 38.3 Å². The van der Waals surface area contributed by atoms with E-state index < -0.39 is 18.1 Å². The number of benzene rings is 1. The lowest BCUT2D eigenvalue weighted by Gasteiger charge is -2.43. The molecule has 1 aromatic carbocycles. The van der Waals surface area contributed by atoms with Gasteiger partial charge in [-0.2, -0.15) is 13.2 Å². The molecule has 5 nitrogen and oxygen atoms in total. The van der Waals surface area contributed by atoms with E-state index in [1.807, 2.05) is 0 Å². The number of likely N-dealkylation sites (tertiary alicyclic amines) is 1. The molecule has 1 saturated heterocycles. The summed E-state index contributed by atoms with van der Waals surface area (Å²) in [6.07, 6.45) is -1.79. The first-order valence-electron chi connectivity index (χ1n) is 8.49. The molecule has 0 bridgehead atoms. The molecule has 0 radical (unpaired) electrons. The van der Waals surface area contributed by atoms with Crippen molar-refractivity contribution in [1.82, 2.24) is 4.90 Å². The van der Waals surface area contributed by atoms with Gasteiger partial charge >= 0.3 is 18.1 Å². The van der Waals surface area contributed by atoms with E-state index in [-0.39, 0.29) is 11.5 Å². The van der Waals surface area contributed by atoms with Crippen molar-refractivity contribution in [3.8, 4) is 11.5 Å². The number of carbonyl (C=O) groups is 2. The maximum Gasteiger partial charge on any atom is 0.491 e. The predicted molar refractivity (Wildman–Crippen MR) is 86.0 cm³/mol. The number of rotatable bonds is 2. The van der Waals surface area contributed by atoms with Crippen LogP contribution in [0.15, 0.2) is 12.1 Å². The number of nitrogens with zero attached hydrogens (tertiary/aromatic N) is 1. The van der Waals surface area contributed by atoms with Crippen molar-refractivity contribution in [2.45, 2.75) is 44.8 Å². The number of alkyl halides is 3. The van der Waals surface area contributed by atoms with Crippen LogP contribution in [0.2, 0.25) is 0 Å². The van der Waals surface area contributed by atoms with Crippen LogP contribution >= 0.6 is 0 Å². The maximum absolute atomic E-state index is 12.5. The minimum absolute atomic E-state index is 0.0701. The van der Waals surface area contributed by atoms with Crippen LogP contribution < -0.4 is 9.47 Å². The number of likely N-dealkylation sites (N-methyl/N-ethyl adjacent to an activating group) is 1. The molecule has 0 unspecified atom stereocenters. The molecular weight excluding hydrogens is 351 g/mol. The molecule has 2 atom stereocenters. The SMILES string of the molecule is CC(=O)Oc1c(OC(=O)C(F)(F)F)ccc2c1C[C@@H]1CCCN(C)[C@H]1C2. The zero-order valence-electron chi connectivity index (χ0n) is 14.6. The molecule has 1 fully saturated rings. The fraction of sp³-hybridized carbons (Fsp3) is 0.556. The highest BCUT2D eigenvalue weighted by molar-refractivity contribution is 5.80. The summed E-state index contributed by atoms with van der Waals surface area (Å²) in [5.74, 6) is -3.13. The molecule has 0 saturated carbocycles. The molecule has 1 aliphatic carbocycles. The van der Waals surface area contributed by atoms with E-state index in [1.165, 1.54) is 6.07 Å². The molecule has 1 aliphatic heterocycles. The molecule has 0 spiro atoms. The second-order valence-corrected chi connectivity index (χ2v) is 6.87. The molecule has 1 aromatic rings. The van der Waals surface area contributed by atoms with Gasteiger partial charge in [-0.1, -0.05) is 6.07 Å². The van der Waals surface area contributed by atoms with Crippen LogP contribution in [0.25, 0.3) is 0 Å². The van der Waals surface area contributed by atoms with Gasteiger partial charge in [0.15, 0.2) is 11.5 Å². The van der Waals surface area contributed by atoms with Gasteiger partial charge in [-0.3, -0.25) is 4.79 Å². The second-order valence-electron chi connectivity index (χ2n) is 6.87. The van der Waals surface area contributed by atoms with Crippen molar-refractivity contribution in [2.24, 2.45) is 5.92 Å². The summed E-state index contributed by atoms with van der Waals surface area (Å²) < 4.78 is 47.3. The smallest absolute Gasteiger partial charge is 0.422 e. The van der Waals surface area contributed by atoms with Crippen LogP contribution in [0.4, 0.5) is 13.2 Å². The summed E-state index contributed by atoms with van der Waals surface area (Å²) in [6.45, 7) is 2.17. The van der Waals surface area contributed by atoms with E-state index in [4.69, 9.17) is 4.74 Å². The minimum Gasteiger partial charge on any atom is -0.422 e. The van der Waals surface area contributed by atoms with Crippen LogP contribution in [-0.4, -0.2) is 42.6 Å². The highest BCUT2D eigenvalue weighted by Gasteiger charge is 2.42. The number of hydrogen-bond donors (Lipinski definition) is 0. The standard InChI is InChI=1S/C18H20F3NO4/c1-10(23)25-16-13-8-12-4-3-7-22(2)14(12)9-11(13)5-6-15(16)26-17(24)18(19,20)21/h5-6,12,14H,3-4,7-9H2,1-2H3/t12-,14-/m0/s1. The van der Waals surface area contributed by atoms with Crippen LogP contribution in [-0.2, 0) is 22.4 Å². The number of fused-ring (bicyclic) bond motifs is 2. The third-order valence-corrected chi connectivity index (χ3v) is 5.09. The molecule has 26 heavy (non-hydrogen) atoms. The summed E-state index contributed by atoms with van der Waals surface area (Å²) >= 11 is 0. The minimum atomic E-state index is -5.12. The normalized spacial score (nSPS) is 23.0. The highest BCUT2D eigenvalue weighted by Crippen LogP contribution is 2.43. The van der Waals surface area contributed by atoms with Crippen molar-refractivity contribution in [3.63, 3.8) is 0 Å². The first kappa shape index (κ1) is 18.7. The number of carbonyl (C=O) groups excluding carboxylic acids is 2. The fourth-order valence-electron chi connectivity index (χ4n) is 3.92. The summed E-state index contributed by atoms with van der Waals surface area (Å²) in [7, 11) is 2.06. The lowest BCUT2D eigenvalue weighted by Crippen LogP contribution is -2.47. The first-order chi connectivity index (χ1) is 12.2. The van der Waals surface area contributed by atoms with E-state index in [1.54, 1.807) is 6.07 Å². The Kier molecular flexibility index (Phi) is 4.96. The Morgan fingerprint density at radius 1 is 1.19 bits per heavy atom. The molecule has 0 amide bonds. The number of halogens is 3. The first-order valence-corrected chi connectivity index (χ1v) is 8.49. The van der Waals surface area contributed by atoms with Crippen molar-refractivity contribution >= 4 is 11.9 Å². The van der Waals surface area contributed by atoms with Crippen molar-refractivity contribution in [2.75, 3.05) is 13.6 Å². The van der Waals surface area contributed by atoms with E-state index >= 15 is 0 Å². The van der Waals surface area contributed by atoms with Crippen molar-refractivity contribution < 1.29 is 32.2 Å². The van der Waals surface area contributed by atoms with Crippen molar-refractivity contribution in [1.29, 1.82) is 0 Å². The van der Waals surface area contributed by atoms with Crippen LogP contribution in [0, 0.1) is 5.92 Å². The van der Waals surface area contributed by atoms with Gasteiger partial charge in [0.25, 0.3) is 0 Å². The van der Waals surface area contributed by atoms with E-state index in [2.05, 4.69) is 16.7 Å². The fourth-order valence-corrected chi connectivity index (χ4v) is 3.92. The Morgan fingerprint density at radius 3 is 2.58 bits per heavy atom. The number of hydrogen-bond acceptors (Lipinski definition) is 5. The maximum atomic E-state index is 12.5. The van der Waals surface area contributed by atoms with Gasteiger partial charge in [-0.15, -0.1) is 0 Å². The quantitative estimate of drug-likeness (QED) is 0.591. The van der Waals surface area contributed by atoms with Crippen LogP contribution in [0.1, 0.15) is 30.9 Å². The topological polar surface area (TPSA) is 55.8 Å². The predicted octanol–water partition coefficient (Wildman–Crippen LogP) is 2.89. The van der Waals surface area contributed by atoms with E-state index in [9.17, 15) is 22.8 Å². The van der Waals surface area contributed by atoms with Gasteiger partial charge < -0.3 is 14.4 Å². The second kappa shape index (κ2) is 6.90. The Bertz CT molecular complexity index is 732. The molecule has 3 rings (SSSR count). The van der Waals surface area contributed by atoms with Crippen molar-refractivity contribution in [3.05, 3.63) is 23.3 Å². The summed E-state index contributed by atoms with van der Waals surface area (Å²) in [5, 5.41) is 0. The Balaban J connectivity index is 1.98. The monoisotopic (exact) mass is 371 g/mol. The molecular formula is C18H20F3NO4. The van der Waals surface area contributed by atoms with Crippen LogP contribution in [0.5, 0.6) is 11.5 Å². The molecule has 8 heteroatoms. The third kappa shape index (κ3) is 3.70. The number of esters is 2. The lowest BCUT2D eigenvalue weighted by molar-refractivity contribution is -0.189.